The Hall–Kier alpha value is -2.05. The van der Waals surface area contributed by atoms with E-state index in [9.17, 15) is 9.59 Å². The van der Waals surface area contributed by atoms with E-state index < -0.39 is 0 Å². The summed E-state index contributed by atoms with van der Waals surface area (Å²) in [6, 6.07) is -0.272. The molecule has 0 spiro atoms. The van der Waals surface area contributed by atoms with E-state index in [-0.39, 0.29) is 18.5 Å². The molecule has 0 aliphatic rings. The Morgan fingerprint density at radius 2 is 2.10 bits per heavy atom. The van der Waals surface area contributed by atoms with Crippen LogP contribution in [0, 0.1) is 0 Å². The quantitative estimate of drug-likeness (QED) is 0.702. The van der Waals surface area contributed by atoms with Gasteiger partial charge in [-0.3, -0.25) is 4.79 Å². The third-order valence-electron chi connectivity index (χ3n) is 2.82. The van der Waals surface area contributed by atoms with Gasteiger partial charge in [0.15, 0.2) is 0 Å². The molecular formula is C13H23N5O2. The van der Waals surface area contributed by atoms with Crippen molar-refractivity contribution >= 4 is 11.9 Å². The second-order valence-corrected chi connectivity index (χ2v) is 4.65. The Bertz CT molecular complexity index is 442. The topological polar surface area (TPSA) is 79.3 Å². The lowest BCUT2D eigenvalue weighted by molar-refractivity contribution is -0.120. The van der Waals surface area contributed by atoms with Gasteiger partial charge < -0.3 is 20.1 Å². The monoisotopic (exact) mass is 281 g/mol. The molecule has 3 amide bonds. The molecule has 20 heavy (non-hydrogen) atoms. The van der Waals surface area contributed by atoms with Crippen molar-refractivity contribution in [3.05, 3.63) is 18.2 Å². The molecule has 0 radical (unpaired) electrons. The maximum atomic E-state index is 11.5. The number of imidazole rings is 1. The predicted molar refractivity (Wildman–Crippen MR) is 76.3 cm³/mol. The highest BCUT2D eigenvalue weighted by molar-refractivity contribution is 5.83. The van der Waals surface area contributed by atoms with Crippen molar-refractivity contribution in [1.29, 1.82) is 0 Å². The van der Waals surface area contributed by atoms with Crippen molar-refractivity contribution in [1.82, 2.24) is 25.1 Å². The lowest BCUT2D eigenvalue weighted by Crippen LogP contribution is -2.41. The second kappa shape index (κ2) is 8.19. The zero-order valence-electron chi connectivity index (χ0n) is 12.3. The van der Waals surface area contributed by atoms with Crippen LogP contribution in [-0.2, 0) is 17.8 Å². The number of aromatic nitrogens is 2. The number of carbonyl (C=O) groups is 2. The Morgan fingerprint density at radius 1 is 1.35 bits per heavy atom. The summed E-state index contributed by atoms with van der Waals surface area (Å²) in [7, 11) is 3.26. The van der Waals surface area contributed by atoms with Gasteiger partial charge in [-0.25, -0.2) is 9.78 Å². The normalized spacial score (nSPS) is 10.2. The van der Waals surface area contributed by atoms with Crippen molar-refractivity contribution in [2.45, 2.75) is 26.3 Å². The standard InChI is InChI=1S/C13H23N5O2/c1-4-11-14-7-9-18(11)8-5-6-15-12(19)10-16-13(20)17(2)3/h7,9H,4-6,8,10H2,1-3H3,(H,15,19)(H,16,20). The van der Waals surface area contributed by atoms with Gasteiger partial charge in [-0.15, -0.1) is 0 Å². The fourth-order valence-electron chi connectivity index (χ4n) is 1.71. The van der Waals surface area contributed by atoms with Gasteiger partial charge in [0.2, 0.25) is 5.91 Å². The van der Waals surface area contributed by atoms with E-state index in [1.165, 1.54) is 4.90 Å². The molecule has 0 unspecified atom stereocenters. The van der Waals surface area contributed by atoms with Crippen molar-refractivity contribution < 1.29 is 9.59 Å². The van der Waals surface area contributed by atoms with Crippen molar-refractivity contribution in [3.8, 4) is 0 Å². The van der Waals surface area contributed by atoms with Crippen molar-refractivity contribution in [3.63, 3.8) is 0 Å². The van der Waals surface area contributed by atoms with Crippen molar-refractivity contribution in [2.24, 2.45) is 0 Å². The SMILES string of the molecule is CCc1nccn1CCCNC(=O)CNC(=O)N(C)C. The molecule has 0 aliphatic carbocycles. The Kier molecular flexibility index (Phi) is 6.55. The van der Waals surface area contributed by atoms with Crippen LogP contribution in [0.4, 0.5) is 4.79 Å². The molecule has 1 aromatic rings. The predicted octanol–water partition coefficient (Wildman–Crippen LogP) is 0.223. The molecule has 0 aromatic carbocycles. The Morgan fingerprint density at radius 3 is 2.75 bits per heavy atom. The zero-order valence-corrected chi connectivity index (χ0v) is 12.3. The maximum Gasteiger partial charge on any atom is 0.317 e. The van der Waals surface area contributed by atoms with Crippen molar-refractivity contribution in [2.75, 3.05) is 27.2 Å². The zero-order chi connectivity index (χ0) is 15.0. The van der Waals surface area contributed by atoms with E-state index in [0.717, 1.165) is 25.2 Å². The summed E-state index contributed by atoms with van der Waals surface area (Å²) in [5, 5.41) is 5.29. The van der Waals surface area contributed by atoms with Gasteiger partial charge >= 0.3 is 6.03 Å². The van der Waals surface area contributed by atoms with Crippen LogP contribution in [0.1, 0.15) is 19.2 Å². The van der Waals surface area contributed by atoms with Crippen LogP contribution in [0.15, 0.2) is 12.4 Å². The van der Waals surface area contributed by atoms with Gasteiger partial charge in [-0.05, 0) is 6.42 Å². The minimum absolute atomic E-state index is 0.00228. The van der Waals surface area contributed by atoms with E-state index in [1.807, 2.05) is 6.20 Å². The second-order valence-electron chi connectivity index (χ2n) is 4.65. The molecule has 0 aliphatic heterocycles. The molecule has 2 N–H and O–H groups in total. The largest absolute Gasteiger partial charge is 0.355 e. The summed E-state index contributed by atoms with van der Waals surface area (Å²) in [5.74, 6) is 0.871. The fourth-order valence-corrected chi connectivity index (χ4v) is 1.71. The summed E-state index contributed by atoms with van der Waals surface area (Å²) >= 11 is 0. The number of carbonyl (C=O) groups excluding carboxylic acids is 2. The third kappa shape index (κ3) is 5.29. The Labute approximate surface area is 119 Å². The van der Waals surface area contributed by atoms with Crippen LogP contribution < -0.4 is 10.6 Å². The summed E-state index contributed by atoms with van der Waals surface area (Å²) in [6.07, 6.45) is 5.46. The van der Waals surface area contributed by atoms with Crippen LogP contribution in [0.5, 0.6) is 0 Å². The number of nitrogens with one attached hydrogen (secondary N) is 2. The first-order valence-electron chi connectivity index (χ1n) is 6.76. The minimum atomic E-state index is -0.272. The van der Waals surface area contributed by atoms with Crippen LogP contribution >= 0.6 is 0 Å². The first-order chi connectivity index (χ1) is 9.54. The van der Waals surface area contributed by atoms with Gasteiger partial charge in [0.25, 0.3) is 0 Å². The summed E-state index contributed by atoms with van der Waals surface area (Å²) in [5.41, 5.74) is 0. The van der Waals surface area contributed by atoms with Gasteiger partial charge in [-0.2, -0.15) is 0 Å². The number of amides is 3. The summed E-state index contributed by atoms with van der Waals surface area (Å²) in [6.45, 7) is 3.47. The lowest BCUT2D eigenvalue weighted by atomic mass is 10.4. The molecule has 1 rings (SSSR count). The van der Waals surface area contributed by atoms with Gasteiger partial charge in [0, 0.05) is 46.0 Å². The number of hydrogen-bond acceptors (Lipinski definition) is 3. The van der Waals surface area contributed by atoms with E-state index in [0.29, 0.717) is 6.54 Å². The first-order valence-corrected chi connectivity index (χ1v) is 6.76. The highest BCUT2D eigenvalue weighted by Crippen LogP contribution is 1.99. The molecule has 0 bridgehead atoms. The smallest absolute Gasteiger partial charge is 0.317 e. The summed E-state index contributed by atoms with van der Waals surface area (Å²) in [4.78, 5) is 28.3. The van der Waals surface area contributed by atoms with Crippen LogP contribution in [0.25, 0.3) is 0 Å². The summed E-state index contributed by atoms with van der Waals surface area (Å²) < 4.78 is 2.08. The number of aryl methyl sites for hydroxylation is 2. The molecule has 0 saturated carbocycles. The third-order valence-corrected chi connectivity index (χ3v) is 2.82. The van der Waals surface area contributed by atoms with E-state index in [4.69, 9.17) is 0 Å². The molecular weight excluding hydrogens is 258 g/mol. The average Bonchev–Trinajstić information content (AvgIpc) is 2.88. The van der Waals surface area contributed by atoms with Crippen LogP contribution in [-0.4, -0.2) is 53.6 Å². The first kappa shape index (κ1) is 16.0. The fraction of sp³-hybridized carbons (Fsp3) is 0.615. The minimum Gasteiger partial charge on any atom is -0.355 e. The Balaban J connectivity index is 2.15. The molecule has 0 atom stereocenters. The highest BCUT2D eigenvalue weighted by Gasteiger charge is 2.06. The highest BCUT2D eigenvalue weighted by atomic mass is 16.2. The van der Waals surface area contributed by atoms with E-state index in [1.54, 1.807) is 20.3 Å². The molecule has 0 fully saturated rings. The number of rotatable bonds is 7. The molecule has 7 nitrogen and oxygen atoms in total. The molecule has 1 heterocycles. The van der Waals surface area contributed by atoms with E-state index >= 15 is 0 Å². The number of urea groups is 1. The van der Waals surface area contributed by atoms with Crippen LogP contribution in [0.3, 0.4) is 0 Å². The van der Waals surface area contributed by atoms with Gasteiger partial charge in [-0.1, -0.05) is 6.92 Å². The molecule has 112 valence electrons. The van der Waals surface area contributed by atoms with Gasteiger partial charge in [0.1, 0.15) is 5.82 Å². The maximum absolute atomic E-state index is 11.5. The lowest BCUT2D eigenvalue weighted by Gasteiger charge is -2.12. The molecule has 7 heteroatoms. The van der Waals surface area contributed by atoms with E-state index in [2.05, 4.69) is 27.1 Å². The number of hydrogen-bond donors (Lipinski definition) is 2. The van der Waals surface area contributed by atoms with Gasteiger partial charge in [0.05, 0.1) is 6.54 Å². The number of nitrogens with zero attached hydrogens (tertiary/aromatic N) is 3. The average molecular weight is 281 g/mol. The molecule has 0 saturated heterocycles. The van der Waals surface area contributed by atoms with Crippen LogP contribution in [0.2, 0.25) is 0 Å². The molecule has 1 aromatic heterocycles.